The van der Waals surface area contributed by atoms with E-state index in [0.717, 1.165) is 0 Å². The summed E-state index contributed by atoms with van der Waals surface area (Å²) in [7, 11) is 3.00. The van der Waals surface area contributed by atoms with Crippen molar-refractivity contribution in [2.75, 3.05) is 14.2 Å². The third-order valence-corrected chi connectivity index (χ3v) is 3.76. The molecule has 0 aliphatic heterocycles. The van der Waals surface area contributed by atoms with Crippen LogP contribution in [0.1, 0.15) is 0 Å². The molecule has 7 nitrogen and oxygen atoms in total. The summed E-state index contributed by atoms with van der Waals surface area (Å²) in [5.41, 5.74) is 0.111. The van der Waals surface area contributed by atoms with Gasteiger partial charge in [0.1, 0.15) is 17.2 Å². The fourth-order valence-electron chi connectivity index (χ4n) is 2.58. The number of aromatic amines is 1. The molecule has 3 aromatic rings. The summed E-state index contributed by atoms with van der Waals surface area (Å²) in [6.07, 6.45) is 0. The Morgan fingerprint density at radius 3 is 2.17 bits per heavy atom. The first-order valence-corrected chi connectivity index (χ1v) is 7.08. The summed E-state index contributed by atoms with van der Waals surface area (Å²) in [6, 6.07) is 11.3. The fourth-order valence-corrected chi connectivity index (χ4v) is 2.58. The molecule has 2 aromatic carbocycles. The Morgan fingerprint density at radius 1 is 0.958 bits per heavy atom. The highest BCUT2D eigenvalue weighted by atomic mass is 16.6. The molecule has 3 rings (SSSR count). The van der Waals surface area contributed by atoms with Crippen molar-refractivity contribution in [2.24, 2.45) is 0 Å². The van der Waals surface area contributed by atoms with E-state index < -0.39 is 10.5 Å². The van der Waals surface area contributed by atoms with E-state index in [1.807, 2.05) is 0 Å². The summed E-state index contributed by atoms with van der Waals surface area (Å²) in [6.45, 7) is 0. The van der Waals surface area contributed by atoms with Crippen LogP contribution >= 0.6 is 0 Å². The molecule has 0 saturated heterocycles. The average Bonchev–Trinajstić information content (AvgIpc) is 2.61. The van der Waals surface area contributed by atoms with E-state index in [2.05, 4.69) is 4.98 Å². The van der Waals surface area contributed by atoms with Gasteiger partial charge in [0.05, 0.1) is 29.9 Å². The summed E-state index contributed by atoms with van der Waals surface area (Å²) >= 11 is 0. The maximum atomic E-state index is 12.4. The van der Waals surface area contributed by atoms with Crippen LogP contribution in [0.5, 0.6) is 11.5 Å². The third-order valence-electron chi connectivity index (χ3n) is 3.76. The SMILES string of the molecule is COc1ccc(-c2[nH]c(=O)c3cc(OC)ccc3c2[N+](=O)[O-])cc1. The lowest BCUT2D eigenvalue weighted by Gasteiger charge is -2.08. The Morgan fingerprint density at radius 2 is 1.58 bits per heavy atom. The number of nitrogens with one attached hydrogen (secondary N) is 1. The van der Waals surface area contributed by atoms with Gasteiger partial charge in [0.25, 0.3) is 5.56 Å². The van der Waals surface area contributed by atoms with E-state index in [-0.39, 0.29) is 22.2 Å². The molecule has 0 bridgehead atoms. The largest absolute Gasteiger partial charge is 0.497 e. The maximum Gasteiger partial charge on any atom is 0.301 e. The zero-order valence-electron chi connectivity index (χ0n) is 13.0. The first kappa shape index (κ1) is 15.5. The van der Waals surface area contributed by atoms with Crippen molar-refractivity contribution in [3.63, 3.8) is 0 Å². The van der Waals surface area contributed by atoms with Gasteiger partial charge in [-0.05, 0) is 42.5 Å². The van der Waals surface area contributed by atoms with Crippen molar-refractivity contribution in [1.29, 1.82) is 0 Å². The zero-order valence-corrected chi connectivity index (χ0v) is 13.0. The molecule has 0 amide bonds. The van der Waals surface area contributed by atoms with Crippen molar-refractivity contribution in [3.05, 3.63) is 62.9 Å². The molecule has 0 aliphatic carbocycles. The first-order valence-electron chi connectivity index (χ1n) is 7.08. The van der Waals surface area contributed by atoms with Crippen LogP contribution in [0.2, 0.25) is 0 Å². The molecule has 0 radical (unpaired) electrons. The number of pyridine rings is 1. The van der Waals surface area contributed by atoms with E-state index in [1.54, 1.807) is 30.3 Å². The van der Waals surface area contributed by atoms with Gasteiger partial charge in [-0.3, -0.25) is 14.9 Å². The molecule has 0 spiro atoms. The average molecular weight is 326 g/mol. The molecular formula is C17H14N2O5. The molecule has 1 N–H and O–H groups in total. The molecule has 1 heterocycles. The number of fused-ring (bicyclic) bond motifs is 1. The normalized spacial score (nSPS) is 10.6. The van der Waals surface area contributed by atoms with Crippen LogP contribution in [0, 0.1) is 10.1 Å². The highest BCUT2D eigenvalue weighted by Crippen LogP contribution is 2.34. The molecule has 0 atom stereocenters. The van der Waals surface area contributed by atoms with Crippen molar-refractivity contribution < 1.29 is 14.4 Å². The van der Waals surface area contributed by atoms with Gasteiger partial charge in [0, 0.05) is 5.56 Å². The van der Waals surface area contributed by atoms with Gasteiger partial charge in [-0.1, -0.05) is 0 Å². The van der Waals surface area contributed by atoms with Crippen LogP contribution in [0.25, 0.3) is 22.0 Å². The molecule has 24 heavy (non-hydrogen) atoms. The third kappa shape index (κ3) is 2.56. The number of hydrogen-bond acceptors (Lipinski definition) is 5. The lowest BCUT2D eigenvalue weighted by molar-refractivity contribution is -0.382. The first-order chi connectivity index (χ1) is 11.5. The van der Waals surface area contributed by atoms with Crippen LogP contribution in [0.4, 0.5) is 5.69 Å². The molecule has 7 heteroatoms. The predicted molar refractivity (Wildman–Crippen MR) is 89.8 cm³/mol. The minimum Gasteiger partial charge on any atom is -0.497 e. The summed E-state index contributed by atoms with van der Waals surface area (Å²) < 4.78 is 10.2. The second-order valence-corrected chi connectivity index (χ2v) is 5.07. The van der Waals surface area contributed by atoms with Crippen molar-refractivity contribution in [2.45, 2.75) is 0 Å². The number of H-pyrrole nitrogens is 1. The molecule has 0 saturated carbocycles. The van der Waals surface area contributed by atoms with Gasteiger partial charge in [0.15, 0.2) is 0 Å². The monoisotopic (exact) mass is 326 g/mol. The van der Waals surface area contributed by atoms with Crippen molar-refractivity contribution in [1.82, 2.24) is 4.98 Å². The topological polar surface area (TPSA) is 94.5 Å². The number of ether oxygens (including phenoxy) is 2. The number of nitrogens with zero attached hydrogens (tertiary/aromatic N) is 1. The number of hydrogen-bond donors (Lipinski definition) is 1. The van der Waals surface area contributed by atoms with Gasteiger partial charge in [-0.2, -0.15) is 0 Å². The minimum atomic E-state index is -0.496. The van der Waals surface area contributed by atoms with Crippen molar-refractivity contribution >= 4 is 16.5 Å². The molecule has 0 fully saturated rings. The Hall–Kier alpha value is -3.35. The van der Waals surface area contributed by atoms with E-state index in [0.29, 0.717) is 17.1 Å². The Balaban J connectivity index is 2.33. The van der Waals surface area contributed by atoms with E-state index in [1.165, 1.54) is 26.4 Å². The van der Waals surface area contributed by atoms with Crippen molar-refractivity contribution in [3.8, 4) is 22.8 Å². The second kappa shape index (κ2) is 6.04. The zero-order chi connectivity index (χ0) is 17.3. The molecule has 0 unspecified atom stereocenters. The Bertz CT molecular complexity index is 977. The van der Waals surface area contributed by atoms with Gasteiger partial charge >= 0.3 is 5.69 Å². The van der Waals surface area contributed by atoms with Crippen LogP contribution in [0.15, 0.2) is 47.3 Å². The summed E-state index contributed by atoms with van der Waals surface area (Å²) in [5, 5.41) is 12.1. The highest BCUT2D eigenvalue weighted by Gasteiger charge is 2.22. The molecule has 122 valence electrons. The van der Waals surface area contributed by atoms with Gasteiger partial charge in [-0.15, -0.1) is 0 Å². The number of aromatic nitrogens is 1. The number of methoxy groups -OCH3 is 2. The van der Waals surface area contributed by atoms with Crippen LogP contribution in [-0.2, 0) is 0 Å². The molecule has 0 aliphatic rings. The smallest absolute Gasteiger partial charge is 0.301 e. The lowest BCUT2D eigenvalue weighted by atomic mass is 10.0. The molecule has 1 aromatic heterocycles. The number of benzene rings is 2. The number of nitro groups is 1. The minimum absolute atomic E-state index is 0.155. The van der Waals surface area contributed by atoms with Crippen LogP contribution in [-0.4, -0.2) is 24.1 Å². The quantitative estimate of drug-likeness (QED) is 0.587. The predicted octanol–water partition coefficient (Wildman–Crippen LogP) is 3.12. The van der Waals surface area contributed by atoms with Gasteiger partial charge in [0.2, 0.25) is 0 Å². The van der Waals surface area contributed by atoms with E-state index >= 15 is 0 Å². The van der Waals surface area contributed by atoms with Crippen LogP contribution < -0.4 is 15.0 Å². The second-order valence-electron chi connectivity index (χ2n) is 5.07. The fraction of sp³-hybridized carbons (Fsp3) is 0.118. The summed E-state index contributed by atoms with van der Waals surface area (Å²) in [5.74, 6) is 1.08. The van der Waals surface area contributed by atoms with Crippen LogP contribution in [0.3, 0.4) is 0 Å². The van der Waals surface area contributed by atoms with E-state index in [9.17, 15) is 14.9 Å². The van der Waals surface area contributed by atoms with E-state index in [4.69, 9.17) is 9.47 Å². The number of rotatable bonds is 4. The summed E-state index contributed by atoms with van der Waals surface area (Å²) in [4.78, 5) is 26.1. The standard InChI is InChI=1S/C17H14N2O5/c1-23-11-5-3-10(4-6-11)15-16(19(21)22)13-8-7-12(24-2)9-14(13)17(20)18-15/h3-9H,1-2H3,(H,18,20). The maximum absolute atomic E-state index is 12.4. The van der Waals surface area contributed by atoms with Gasteiger partial charge in [-0.25, -0.2) is 0 Å². The Kier molecular flexibility index (Phi) is 3.91. The molecular weight excluding hydrogens is 312 g/mol. The lowest BCUT2D eigenvalue weighted by Crippen LogP contribution is -2.10. The van der Waals surface area contributed by atoms with Gasteiger partial charge < -0.3 is 14.5 Å². The Labute approximate surface area is 136 Å². The highest BCUT2D eigenvalue weighted by molar-refractivity contribution is 5.96.